The molecule has 0 aromatic carbocycles. The molecular weight excluding hydrogens is 262 g/mol. The smallest absolute Gasteiger partial charge is 0.408 e. The van der Waals surface area contributed by atoms with Crippen molar-refractivity contribution in [1.82, 2.24) is 25.7 Å². The van der Waals surface area contributed by atoms with Crippen molar-refractivity contribution in [1.29, 1.82) is 0 Å². The first-order valence-electron chi connectivity index (χ1n) is 6.00. The highest BCUT2D eigenvalue weighted by molar-refractivity contribution is 5.67. The maximum atomic E-state index is 11.4. The minimum atomic E-state index is -0.549. The Morgan fingerprint density at radius 3 is 2.55 bits per heavy atom. The number of rotatable bonds is 3. The largest absolute Gasteiger partial charge is 0.472 e. The van der Waals surface area contributed by atoms with Crippen LogP contribution in [-0.2, 0) is 11.3 Å². The zero-order valence-electron chi connectivity index (χ0n) is 11.5. The topological polar surface area (TPSA) is 103 Å². The number of hydrogen-bond donors (Lipinski definition) is 1. The maximum absolute atomic E-state index is 11.4. The predicted octanol–water partition coefficient (Wildman–Crippen LogP) is 1.55. The van der Waals surface area contributed by atoms with Gasteiger partial charge < -0.3 is 14.5 Å². The molecule has 2 rings (SSSR count). The summed E-state index contributed by atoms with van der Waals surface area (Å²) >= 11 is 0. The summed E-state index contributed by atoms with van der Waals surface area (Å²) in [5, 5.41) is 18.1. The summed E-state index contributed by atoms with van der Waals surface area (Å²) in [5.41, 5.74) is 0.142. The molecule has 2 heterocycles. The summed E-state index contributed by atoms with van der Waals surface area (Å²) in [5.74, 6) is 0.655. The number of nitrogens with zero attached hydrogens (tertiary/aromatic N) is 4. The van der Waals surface area contributed by atoms with Gasteiger partial charge in [-0.3, -0.25) is 0 Å². The molecule has 0 aliphatic rings. The van der Waals surface area contributed by atoms with Crippen LogP contribution >= 0.6 is 0 Å². The van der Waals surface area contributed by atoms with Crippen molar-refractivity contribution < 1.29 is 13.9 Å². The van der Waals surface area contributed by atoms with E-state index in [4.69, 9.17) is 9.15 Å². The molecule has 0 aliphatic heterocycles. The summed E-state index contributed by atoms with van der Waals surface area (Å²) in [4.78, 5) is 11.4. The van der Waals surface area contributed by atoms with Gasteiger partial charge in [0.25, 0.3) is 0 Å². The fraction of sp³-hybridized carbons (Fsp3) is 0.417. The first-order valence-corrected chi connectivity index (χ1v) is 6.00. The highest BCUT2D eigenvalue weighted by Gasteiger charge is 2.16. The Labute approximate surface area is 115 Å². The molecule has 8 heteroatoms. The molecule has 106 valence electrons. The second-order valence-corrected chi connectivity index (χ2v) is 5.01. The lowest BCUT2D eigenvalue weighted by Crippen LogP contribution is -2.32. The molecule has 0 fully saturated rings. The normalized spacial score (nSPS) is 11.2. The Bertz CT molecular complexity index is 560. The summed E-state index contributed by atoms with van der Waals surface area (Å²) in [7, 11) is 0. The van der Waals surface area contributed by atoms with Gasteiger partial charge in [0.2, 0.25) is 5.82 Å². The zero-order valence-corrected chi connectivity index (χ0v) is 11.5. The number of hydrogen-bond acceptors (Lipinski definition) is 7. The van der Waals surface area contributed by atoms with Gasteiger partial charge in [-0.25, -0.2) is 4.79 Å². The van der Waals surface area contributed by atoms with E-state index in [9.17, 15) is 4.79 Å². The molecule has 0 radical (unpaired) electrons. The van der Waals surface area contributed by atoms with Crippen LogP contribution in [0.5, 0.6) is 0 Å². The van der Waals surface area contributed by atoms with Gasteiger partial charge in [0.1, 0.15) is 11.9 Å². The summed E-state index contributed by atoms with van der Waals surface area (Å²) in [6.07, 6.45) is 2.47. The molecule has 0 aliphatic carbocycles. The van der Waals surface area contributed by atoms with Gasteiger partial charge in [-0.1, -0.05) is 0 Å². The van der Waals surface area contributed by atoms with Crippen LogP contribution in [0.2, 0.25) is 0 Å². The zero-order chi connectivity index (χ0) is 14.6. The standard InChI is InChI=1S/C12H15N5O3/c1-12(2,3)20-11(18)13-6-9-14-16-10(17-15-9)8-4-5-19-7-8/h4-5,7H,6H2,1-3H3,(H,13,18). The van der Waals surface area contributed by atoms with Gasteiger partial charge in [0, 0.05) is 0 Å². The van der Waals surface area contributed by atoms with Crippen molar-refractivity contribution in [2.75, 3.05) is 0 Å². The van der Waals surface area contributed by atoms with E-state index in [0.29, 0.717) is 17.2 Å². The molecule has 0 saturated heterocycles. The van der Waals surface area contributed by atoms with Crippen LogP contribution < -0.4 is 5.32 Å². The number of alkyl carbamates (subject to hydrolysis) is 1. The van der Waals surface area contributed by atoms with Crippen molar-refractivity contribution in [3.8, 4) is 11.4 Å². The molecule has 2 aromatic rings. The Hall–Kier alpha value is -2.51. The minimum absolute atomic E-state index is 0.0978. The van der Waals surface area contributed by atoms with Gasteiger partial charge in [0.15, 0.2) is 5.82 Å². The molecule has 0 unspecified atom stereocenters. The molecule has 0 atom stereocenters. The highest BCUT2D eigenvalue weighted by Crippen LogP contribution is 2.12. The number of carbonyl (C=O) groups is 1. The van der Waals surface area contributed by atoms with Crippen LogP contribution in [0.3, 0.4) is 0 Å². The van der Waals surface area contributed by atoms with E-state index < -0.39 is 11.7 Å². The maximum Gasteiger partial charge on any atom is 0.408 e. The molecule has 0 saturated carbocycles. The van der Waals surface area contributed by atoms with E-state index in [-0.39, 0.29) is 6.54 Å². The van der Waals surface area contributed by atoms with Crippen LogP contribution in [0.1, 0.15) is 26.6 Å². The highest BCUT2D eigenvalue weighted by atomic mass is 16.6. The lowest BCUT2D eigenvalue weighted by Gasteiger charge is -2.19. The summed E-state index contributed by atoms with van der Waals surface area (Å²) in [6, 6.07) is 1.71. The monoisotopic (exact) mass is 277 g/mol. The Morgan fingerprint density at radius 2 is 2.00 bits per heavy atom. The van der Waals surface area contributed by atoms with E-state index in [2.05, 4.69) is 25.7 Å². The molecule has 1 N–H and O–H groups in total. The van der Waals surface area contributed by atoms with Crippen molar-refractivity contribution in [2.45, 2.75) is 32.9 Å². The van der Waals surface area contributed by atoms with Crippen molar-refractivity contribution in [3.63, 3.8) is 0 Å². The predicted molar refractivity (Wildman–Crippen MR) is 68.4 cm³/mol. The molecule has 20 heavy (non-hydrogen) atoms. The van der Waals surface area contributed by atoms with Crippen molar-refractivity contribution >= 4 is 6.09 Å². The van der Waals surface area contributed by atoms with Crippen LogP contribution in [0, 0.1) is 0 Å². The van der Waals surface area contributed by atoms with Crippen LogP contribution in [-0.4, -0.2) is 32.1 Å². The van der Waals surface area contributed by atoms with E-state index in [1.54, 1.807) is 26.8 Å². The van der Waals surface area contributed by atoms with Crippen molar-refractivity contribution in [2.24, 2.45) is 0 Å². The SMILES string of the molecule is CC(C)(C)OC(=O)NCc1nnc(-c2ccoc2)nn1. The number of amides is 1. The van der Waals surface area contributed by atoms with Gasteiger partial charge in [-0.15, -0.1) is 20.4 Å². The fourth-order valence-corrected chi connectivity index (χ4v) is 1.29. The number of furan rings is 1. The Kier molecular flexibility index (Phi) is 3.92. The first kappa shape index (κ1) is 13.9. The van der Waals surface area contributed by atoms with Crippen LogP contribution in [0.25, 0.3) is 11.4 Å². The number of aromatic nitrogens is 4. The number of ether oxygens (including phenoxy) is 1. The second-order valence-electron chi connectivity index (χ2n) is 5.01. The molecule has 8 nitrogen and oxygen atoms in total. The Morgan fingerprint density at radius 1 is 1.30 bits per heavy atom. The number of carbonyl (C=O) groups excluding carboxylic acids is 1. The third-order valence-corrected chi connectivity index (χ3v) is 2.09. The third-order valence-electron chi connectivity index (χ3n) is 2.09. The van der Waals surface area contributed by atoms with Gasteiger partial charge in [-0.2, -0.15) is 0 Å². The molecule has 0 spiro atoms. The first-order chi connectivity index (χ1) is 9.44. The fourth-order valence-electron chi connectivity index (χ4n) is 1.29. The van der Waals surface area contributed by atoms with Crippen LogP contribution in [0.15, 0.2) is 23.0 Å². The van der Waals surface area contributed by atoms with E-state index in [1.165, 1.54) is 12.5 Å². The molecule has 0 bridgehead atoms. The van der Waals surface area contributed by atoms with Crippen molar-refractivity contribution in [3.05, 3.63) is 24.4 Å². The van der Waals surface area contributed by atoms with Crippen LogP contribution in [0.4, 0.5) is 4.79 Å². The van der Waals surface area contributed by atoms with E-state index >= 15 is 0 Å². The average molecular weight is 277 g/mol. The molecule has 1 amide bonds. The lowest BCUT2D eigenvalue weighted by molar-refractivity contribution is 0.0522. The second kappa shape index (κ2) is 5.64. The van der Waals surface area contributed by atoms with Gasteiger partial charge >= 0.3 is 6.09 Å². The number of nitrogens with one attached hydrogen (secondary N) is 1. The molecular formula is C12H15N5O3. The third kappa shape index (κ3) is 4.01. The summed E-state index contributed by atoms with van der Waals surface area (Å²) < 4.78 is 10.00. The summed E-state index contributed by atoms with van der Waals surface area (Å²) in [6.45, 7) is 5.45. The lowest BCUT2D eigenvalue weighted by atomic mass is 10.2. The average Bonchev–Trinajstić information content (AvgIpc) is 2.89. The van der Waals surface area contributed by atoms with Gasteiger partial charge in [0.05, 0.1) is 18.4 Å². The quantitative estimate of drug-likeness (QED) is 0.907. The minimum Gasteiger partial charge on any atom is -0.472 e. The van der Waals surface area contributed by atoms with E-state index in [1.807, 2.05) is 0 Å². The Balaban J connectivity index is 1.90. The van der Waals surface area contributed by atoms with Gasteiger partial charge in [-0.05, 0) is 26.8 Å². The van der Waals surface area contributed by atoms with E-state index in [0.717, 1.165) is 0 Å². The molecule has 2 aromatic heterocycles.